The lowest BCUT2D eigenvalue weighted by Crippen LogP contribution is -2.26. The zero-order valence-corrected chi connectivity index (χ0v) is 12.9. The van der Waals surface area contributed by atoms with Gasteiger partial charge in [0.1, 0.15) is 0 Å². The van der Waals surface area contributed by atoms with Gasteiger partial charge in [0.15, 0.2) is 0 Å². The summed E-state index contributed by atoms with van der Waals surface area (Å²) in [6, 6.07) is 0.491. The van der Waals surface area contributed by atoms with E-state index in [4.69, 9.17) is 5.73 Å². The molecule has 0 heterocycles. The van der Waals surface area contributed by atoms with E-state index < -0.39 is 0 Å². The minimum Gasteiger partial charge on any atom is -0.328 e. The third-order valence-corrected chi connectivity index (χ3v) is 5.99. The molecule has 0 radical (unpaired) electrons. The van der Waals surface area contributed by atoms with Gasteiger partial charge < -0.3 is 5.73 Å². The maximum atomic E-state index is 6.02. The predicted octanol–water partition coefficient (Wildman–Crippen LogP) is 4.53. The summed E-state index contributed by atoms with van der Waals surface area (Å²) in [4.78, 5) is 0. The fourth-order valence-electron chi connectivity index (χ4n) is 4.51. The first-order valence-corrected chi connectivity index (χ1v) is 8.81. The smallest absolute Gasteiger partial charge is 0.00559 e. The largest absolute Gasteiger partial charge is 0.328 e. The second-order valence-electron chi connectivity index (χ2n) is 7.55. The van der Waals surface area contributed by atoms with Gasteiger partial charge in [-0.15, -0.1) is 0 Å². The molecule has 1 nitrogen and oxygen atoms in total. The van der Waals surface area contributed by atoms with Crippen LogP contribution >= 0.6 is 0 Å². The van der Waals surface area contributed by atoms with Gasteiger partial charge in [-0.05, 0) is 73.8 Å². The van der Waals surface area contributed by atoms with Crippen LogP contribution in [0.15, 0.2) is 47.6 Å². The van der Waals surface area contributed by atoms with Crippen LogP contribution in [-0.4, -0.2) is 6.04 Å². The van der Waals surface area contributed by atoms with Gasteiger partial charge in [0, 0.05) is 12.0 Å². The van der Waals surface area contributed by atoms with Gasteiger partial charge in [-0.3, -0.25) is 0 Å². The number of fused-ring (bicyclic) bond motifs is 1. The minimum atomic E-state index is 0.491. The maximum Gasteiger partial charge on any atom is 0.00559 e. The van der Waals surface area contributed by atoms with Crippen LogP contribution in [0.5, 0.6) is 0 Å². The number of hydrogen-bond donors (Lipinski definition) is 1. The van der Waals surface area contributed by atoms with Crippen LogP contribution in [0.4, 0.5) is 0 Å². The summed E-state index contributed by atoms with van der Waals surface area (Å²) in [7, 11) is 0. The molecule has 3 atom stereocenters. The van der Waals surface area contributed by atoms with Crippen LogP contribution < -0.4 is 5.73 Å². The Labute approximate surface area is 128 Å². The van der Waals surface area contributed by atoms with E-state index in [1.165, 1.54) is 50.5 Å². The molecule has 4 rings (SSSR count). The summed E-state index contributed by atoms with van der Waals surface area (Å²) >= 11 is 0. The molecule has 0 aromatic rings. The Morgan fingerprint density at radius 1 is 1.05 bits per heavy atom. The van der Waals surface area contributed by atoms with E-state index in [-0.39, 0.29) is 0 Å². The zero-order valence-electron chi connectivity index (χ0n) is 12.9. The molecule has 112 valence electrons. The average Bonchev–Trinajstić information content (AvgIpc) is 3.28. The first-order chi connectivity index (χ1) is 10.3. The molecular formula is C20H27N. The van der Waals surface area contributed by atoms with Crippen molar-refractivity contribution in [1.82, 2.24) is 0 Å². The number of rotatable bonds is 3. The monoisotopic (exact) mass is 281 g/mol. The molecule has 4 aliphatic carbocycles. The third kappa shape index (κ3) is 2.94. The molecule has 0 aromatic carbocycles. The van der Waals surface area contributed by atoms with E-state index in [1.807, 2.05) is 0 Å². The molecule has 2 saturated carbocycles. The fraction of sp³-hybridized carbons (Fsp3) is 0.600. The van der Waals surface area contributed by atoms with E-state index in [0.717, 1.165) is 17.8 Å². The van der Waals surface area contributed by atoms with E-state index in [9.17, 15) is 0 Å². The van der Waals surface area contributed by atoms with Crippen molar-refractivity contribution in [2.45, 2.75) is 51.0 Å². The first-order valence-electron chi connectivity index (χ1n) is 8.81. The van der Waals surface area contributed by atoms with Gasteiger partial charge in [-0.1, -0.05) is 36.5 Å². The summed E-state index contributed by atoms with van der Waals surface area (Å²) in [6.45, 7) is 0. The van der Waals surface area contributed by atoms with E-state index >= 15 is 0 Å². The predicted molar refractivity (Wildman–Crippen MR) is 88.7 cm³/mol. The van der Waals surface area contributed by atoms with Crippen molar-refractivity contribution >= 4 is 0 Å². The highest BCUT2D eigenvalue weighted by atomic mass is 14.6. The SMILES string of the molecule is N[C@H]1CC[C@H](C[C@H]2C[C@@H]2C2=CCC3C=CC=CC3=C2)CC1. The molecule has 1 heteroatoms. The molecule has 4 aliphatic rings. The Morgan fingerprint density at radius 3 is 2.76 bits per heavy atom. The Balaban J connectivity index is 1.33. The molecule has 21 heavy (non-hydrogen) atoms. The number of hydrogen-bond acceptors (Lipinski definition) is 1. The van der Waals surface area contributed by atoms with Crippen molar-refractivity contribution in [2.75, 3.05) is 0 Å². The fourth-order valence-corrected chi connectivity index (χ4v) is 4.51. The van der Waals surface area contributed by atoms with E-state index in [1.54, 1.807) is 5.57 Å². The lowest BCUT2D eigenvalue weighted by molar-refractivity contribution is 0.297. The van der Waals surface area contributed by atoms with Crippen molar-refractivity contribution in [1.29, 1.82) is 0 Å². The highest BCUT2D eigenvalue weighted by Crippen LogP contribution is 2.51. The van der Waals surface area contributed by atoms with Crippen LogP contribution in [0, 0.1) is 23.7 Å². The first kappa shape index (κ1) is 13.6. The number of allylic oxidation sites excluding steroid dienone is 8. The van der Waals surface area contributed by atoms with Crippen molar-refractivity contribution < 1.29 is 0 Å². The van der Waals surface area contributed by atoms with Crippen molar-refractivity contribution in [3.8, 4) is 0 Å². The van der Waals surface area contributed by atoms with Crippen LogP contribution in [0.2, 0.25) is 0 Å². The molecule has 1 unspecified atom stereocenters. The second-order valence-corrected chi connectivity index (χ2v) is 7.55. The minimum absolute atomic E-state index is 0.491. The Bertz CT molecular complexity index is 514. The lowest BCUT2D eigenvalue weighted by Gasteiger charge is -2.26. The van der Waals surface area contributed by atoms with Crippen molar-refractivity contribution in [3.05, 3.63) is 47.6 Å². The Morgan fingerprint density at radius 2 is 1.90 bits per heavy atom. The highest BCUT2D eigenvalue weighted by Gasteiger charge is 2.41. The van der Waals surface area contributed by atoms with Gasteiger partial charge in [-0.25, -0.2) is 0 Å². The Hall–Kier alpha value is -1.08. The van der Waals surface area contributed by atoms with Crippen LogP contribution in [0.3, 0.4) is 0 Å². The van der Waals surface area contributed by atoms with Gasteiger partial charge >= 0.3 is 0 Å². The van der Waals surface area contributed by atoms with Gasteiger partial charge in [0.2, 0.25) is 0 Å². The summed E-state index contributed by atoms with van der Waals surface area (Å²) in [5, 5.41) is 0. The van der Waals surface area contributed by atoms with Gasteiger partial charge in [-0.2, -0.15) is 0 Å². The average molecular weight is 281 g/mol. The number of nitrogens with two attached hydrogens (primary N) is 1. The normalized spacial score (nSPS) is 41.3. The van der Waals surface area contributed by atoms with E-state index in [2.05, 4.69) is 36.5 Å². The summed E-state index contributed by atoms with van der Waals surface area (Å²) < 4.78 is 0. The quantitative estimate of drug-likeness (QED) is 0.808. The third-order valence-electron chi connectivity index (χ3n) is 5.99. The topological polar surface area (TPSA) is 26.0 Å². The summed E-state index contributed by atoms with van der Waals surface area (Å²) in [6.07, 6.45) is 23.4. The van der Waals surface area contributed by atoms with Crippen molar-refractivity contribution in [2.24, 2.45) is 29.4 Å². The maximum absolute atomic E-state index is 6.02. The molecule has 0 aromatic heterocycles. The lowest BCUT2D eigenvalue weighted by atomic mass is 9.82. The van der Waals surface area contributed by atoms with Gasteiger partial charge in [0.25, 0.3) is 0 Å². The zero-order chi connectivity index (χ0) is 14.2. The van der Waals surface area contributed by atoms with E-state index in [0.29, 0.717) is 12.0 Å². The summed E-state index contributed by atoms with van der Waals surface area (Å²) in [5.74, 6) is 3.44. The molecule has 0 spiro atoms. The standard InChI is InChI=1S/C20H27N/c21-19-9-5-14(6-10-19)11-18-13-20(18)17-8-7-15-3-1-2-4-16(15)12-17/h1-4,8,12,14-15,18-20H,5-7,9-11,13,21H2/t14-,15?,18-,19-,20+/m0/s1. The molecule has 2 N–H and O–H groups in total. The highest BCUT2D eigenvalue weighted by molar-refractivity contribution is 5.44. The van der Waals surface area contributed by atoms with Gasteiger partial charge in [0.05, 0.1) is 0 Å². The van der Waals surface area contributed by atoms with Crippen LogP contribution in [0.25, 0.3) is 0 Å². The molecule has 0 bridgehead atoms. The molecule has 2 fully saturated rings. The summed E-state index contributed by atoms with van der Waals surface area (Å²) in [5.41, 5.74) is 9.19. The molecule has 0 aliphatic heterocycles. The molecular weight excluding hydrogens is 254 g/mol. The van der Waals surface area contributed by atoms with Crippen LogP contribution in [-0.2, 0) is 0 Å². The Kier molecular flexibility index (Phi) is 3.62. The molecule has 0 saturated heterocycles. The second kappa shape index (κ2) is 5.61. The van der Waals surface area contributed by atoms with Crippen LogP contribution in [0.1, 0.15) is 44.9 Å². The van der Waals surface area contributed by atoms with Crippen molar-refractivity contribution in [3.63, 3.8) is 0 Å². The molecule has 0 amide bonds.